The Hall–Kier alpha value is -8.85. The average Bonchev–Trinajstić information content (AvgIpc) is 4.11. The number of para-hydroxylation sites is 5. The van der Waals surface area contributed by atoms with Crippen molar-refractivity contribution in [3.8, 4) is 27.6 Å². The zero-order valence-electron chi connectivity index (χ0n) is 35.9. The van der Waals surface area contributed by atoms with Crippen molar-refractivity contribution >= 4 is 99.4 Å². The van der Waals surface area contributed by atoms with Crippen LogP contribution in [0.15, 0.2) is 235 Å². The van der Waals surface area contributed by atoms with Crippen molar-refractivity contribution in [3.05, 3.63) is 231 Å². The number of furan rings is 1. The highest BCUT2D eigenvalue weighted by molar-refractivity contribution is 7.21. The Morgan fingerprint density at radius 2 is 1.06 bits per heavy atom. The van der Waals surface area contributed by atoms with E-state index in [-0.39, 0.29) is 0 Å². The second-order valence-corrected chi connectivity index (χ2v) is 17.6. The molecule has 67 heavy (non-hydrogen) atoms. The summed E-state index contributed by atoms with van der Waals surface area (Å²) in [5, 5.41) is 5.36. The topological polar surface area (TPSA) is 63.2 Å². The summed E-state index contributed by atoms with van der Waals surface area (Å²) in [6.45, 7) is 0. The van der Waals surface area contributed by atoms with Gasteiger partial charge in [0.25, 0.3) is 0 Å². The SMILES string of the molecule is c1ccc(N(c2ccc(-c3nc4ccccc4n3-c3ccccc3)cc2)c2ccc3c(c2)oc2cc4cc(N(c5ccc(-c6nc7ccccc7s6)cc5)c5cccnc5)ccc4cc23)cc1. The van der Waals surface area contributed by atoms with Gasteiger partial charge in [-0.3, -0.25) is 9.55 Å². The summed E-state index contributed by atoms with van der Waals surface area (Å²) < 4.78 is 10.2. The fourth-order valence-corrected chi connectivity index (χ4v) is 10.3. The molecule has 0 aliphatic carbocycles. The molecular weight excluding hydrogens is 841 g/mol. The molecule has 8 heteroatoms. The van der Waals surface area contributed by atoms with Crippen molar-refractivity contribution in [1.82, 2.24) is 19.5 Å². The molecule has 0 spiro atoms. The van der Waals surface area contributed by atoms with Crippen LogP contribution in [0, 0.1) is 0 Å². The fraction of sp³-hybridized carbons (Fsp3) is 0. The Bertz CT molecular complexity index is 3890. The molecule has 0 radical (unpaired) electrons. The lowest BCUT2D eigenvalue weighted by atomic mass is 10.0. The monoisotopic (exact) mass is 878 g/mol. The highest BCUT2D eigenvalue weighted by Crippen LogP contribution is 2.42. The second-order valence-electron chi connectivity index (χ2n) is 16.6. The molecule has 316 valence electrons. The molecule has 0 aliphatic heterocycles. The summed E-state index contributed by atoms with van der Waals surface area (Å²) in [6, 6.07) is 76.5. The Balaban J connectivity index is 0.860. The lowest BCUT2D eigenvalue weighted by molar-refractivity contribution is 0.669. The third-order valence-electron chi connectivity index (χ3n) is 12.5. The van der Waals surface area contributed by atoms with Crippen molar-refractivity contribution in [2.75, 3.05) is 9.80 Å². The van der Waals surface area contributed by atoms with Crippen molar-refractivity contribution in [2.45, 2.75) is 0 Å². The third-order valence-corrected chi connectivity index (χ3v) is 13.5. The van der Waals surface area contributed by atoms with Crippen molar-refractivity contribution in [3.63, 3.8) is 0 Å². The molecule has 13 aromatic rings. The number of thiazole rings is 1. The van der Waals surface area contributed by atoms with Crippen LogP contribution >= 0.6 is 11.3 Å². The van der Waals surface area contributed by atoms with E-state index in [9.17, 15) is 0 Å². The molecule has 0 N–H and O–H groups in total. The highest BCUT2D eigenvalue weighted by Gasteiger charge is 2.20. The van der Waals surface area contributed by atoms with Crippen molar-refractivity contribution in [1.29, 1.82) is 0 Å². The van der Waals surface area contributed by atoms with Crippen LogP contribution in [0.2, 0.25) is 0 Å². The first-order valence-corrected chi connectivity index (χ1v) is 23.0. The van der Waals surface area contributed by atoms with Crippen LogP contribution in [-0.2, 0) is 0 Å². The highest BCUT2D eigenvalue weighted by atomic mass is 32.1. The minimum absolute atomic E-state index is 0.822. The van der Waals surface area contributed by atoms with Gasteiger partial charge >= 0.3 is 0 Å². The number of imidazole rings is 1. The van der Waals surface area contributed by atoms with Gasteiger partial charge in [-0.25, -0.2) is 9.97 Å². The lowest BCUT2D eigenvalue weighted by Crippen LogP contribution is -2.10. The van der Waals surface area contributed by atoms with E-state index in [1.807, 2.05) is 36.7 Å². The molecule has 4 aromatic heterocycles. The number of nitrogens with zero attached hydrogens (tertiary/aromatic N) is 6. The van der Waals surface area contributed by atoms with Gasteiger partial charge in [-0.15, -0.1) is 11.3 Å². The van der Waals surface area contributed by atoms with E-state index in [1.165, 1.54) is 4.70 Å². The Kier molecular flexibility index (Phi) is 9.21. The molecule has 0 saturated carbocycles. The normalized spacial score (nSPS) is 11.6. The molecule has 7 nitrogen and oxygen atoms in total. The molecular formula is C59H38N6OS. The predicted molar refractivity (Wildman–Crippen MR) is 277 cm³/mol. The fourth-order valence-electron chi connectivity index (χ4n) is 9.30. The van der Waals surface area contributed by atoms with Gasteiger partial charge in [-0.1, -0.05) is 66.7 Å². The van der Waals surface area contributed by atoms with E-state index in [2.05, 4.69) is 213 Å². The van der Waals surface area contributed by atoms with Crippen LogP contribution < -0.4 is 9.80 Å². The summed E-state index contributed by atoms with van der Waals surface area (Å²) in [6.07, 6.45) is 3.71. The number of fused-ring (bicyclic) bond motifs is 6. The van der Waals surface area contributed by atoms with Gasteiger partial charge in [-0.2, -0.15) is 0 Å². The van der Waals surface area contributed by atoms with Gasteiger partial charge in [0, 0.05) is 68.3 Å². The number of anilines is 6. The first-order chi connectivity index (χ1) is 33.2. The first kappa shape index (κ1) is 38.6. The molecule has 0 amide bonds. The quantitative estimate of drug-likeness (QED) is 0.144. The van der Waals surface area contributed by atoms with Crippen LogP contribution in [0.5, 0.6) is 0 Å². The van der Waals surface area contributed by atoms with Crippen LogP contribution in [0.25, 0.3) is 81.6 Å². The number of pyridine rings is 1. The van der Waals surface area contributed by atoms with Crippen LogP contribution in [-0.4, -0.2) is 19.5 Å². The van der Waals surface area contributed by atoms with Gasteiger partial charge in [0.1, 0.15) is 22.0 Å². The molecule has 4 heterocycles. The Morgan fingerprint density at radius 1 is 0.433 bits per heavy atom. The van der Waals surface area contributed by atoms with E-state index < -0.39 is 0 Å². The summed E-state index contributed by atoms with van der Waals surface area (Å²) in [5.74, 6) is 0.897. The maximum absolute atomic E-state index is 6.76. The Labute approximate surface area is 389 Å². The molecule has 0 bridgehead atoms. The average molecular weight is 879 g/mol. The van der Waals surface area contributed by atoms with E-state index >= 15 is 0 Å². The summed E-state index contributed by atoms with van der Waals surface area (Å²) in [5.41, 5.74) is 14.0. The van der Waals surface area contributed by atoms with Crippen LogP contribution in [0.3, 0.4) is 0 Å². The minimum Gasteiger partial charge on any atom is -0.456 e. The van der Waals surface area contributed by atoms with Gasteiger partial charge in [0.05, 0.1) is 33.1 Å². The first-order valence-electron chi connectivity index (χ1n) is 22.2. The predicted octanol–water partition coefficient (Wildman–Crippen LogP) is 16.4. The molecule has 9 aromatic carbocycles. The largest absolute Gasteiger partial charge is 0.456 e. The maximum Gasteiger partial charge on any atom is 0.145 e. The Morgan fingerprint density at radius 3 is 1.84 bits per heavy atom. The van der Waals surface area contributed by atoms with Gasteiger partial charge < -0.3 is 14.2 Å². The number of aromatic nitrogens is 4. The van der Waals surface area contributed by atoms with E-state index in [0.717, 1.165) is 111 Å². The molecule has 0 aliphatic rings. The van der Waals surface area contributed by atoms with Crippen molar-refractivity contribution in [2.24, 2.45) is 0 Å². The number of benzene rings is 9. The van der Waals surface area contributed by atoms with Crippen molar-refractivity contribution < 1.29 is 4.42 Å². The lowest BCUT2D eigenvalue weighted by Gasteiger charge is -2.25. The number of rotatable bonds is 9. The summed E-state index contributed by atoms with van der Waals surface area (Å²) in [7, 11) is 0. The minimum atomic E-state index is 0.822. The number of hydrogen-bond acceptors (Lipinski definition) is 7. The van der Waals surface area contributed by atoms with E-state index in [1.54, 1.807) is 11.3 Å². The molecule has 0 atom stereocenters. The van der Waals surface area contributed by atoms with Crippen LogP contribution in [0.4, 0.5) is 34.1 Å². The second kappa shape index (κ2) is 16.0. The van der Waals surface area contributed by atoms with E-state index in [4.69, 9.17) is 14.4 Å². The molecule has 0 unspecified atom stereocenters. The van der Waals surface area contributed by atoms with Gasteiger partial charge in [-0.05, 0) is 156 Å². The summed E-state index contributed by atoms with van der Waals surface area (Å²) >= 11 is 1.71. The standard InChI is InChI=1S/C59H38N6OS/c1-3-12-43(13-4-1)63(45-26-21-39(22-27-45)58-61-52-17-7-9-19-54(52)65(58)44-14-5-2-6-15-44)48-31-32-50-51-35-41-25-30-47(34-42(41)36-55(51)66-56(50)37-48)64(49-16-11-33-60-38-49)46-28-23-40(24-29-46)59-62-53-18-8-10-20-57(53)67-59/h1-38H. The smallest absolute Gasteiger partial charge is 0.145 e. The maximum atomic E-state index is 6.76. The summed E-state index contributed by atoms with van der Waals surface area (Å²) in [4.78, 5) is 19.0. The molecule has 0 saturated heterocycles. The van der Waals surface area contributed by atoms with Gasteiger partial charge in [0.15, 0.2) is 0 Å². The third kappa shape index (κ3) is 6.86. The van der Waals surface area contributed by atoms with Crippen LogP contribution in [0.1, 0.15) is 0 Å². The zero-order valence-corrected chi connectivity index (χ0v) is 36.8. The number of hydrogen-bond donors (Lipinski definition) is 0. The van der Waals surface area contributed by atoms with Gasteiger partial charge in [0.2, 0.25) is 0 Å². The van der Waals surface area contributed by atoms with E-state index in [0.29, 0.717) is 0 Å². The zero-order chi connectivity index (χ0) is 44.3. The molecule has 0 fully saturated rings. The molecule has 13 rings (SSSR count).